The molecule has 0 aromatic heterocycles. The molecule has 2 heteroatoms. The lowest BCUT2D eigenvalue weighted by Gasteiger charge is -2.35. The monoisotopic (exact) mass is 261 g/mol. The lowest BCUT2D eigenvalue weighted by atomic mass is 9.72. The van der Waals surface area contributed by atoms with Gasteiger partial charge in [-0.1, -0.05) is 38.5 Å². The minimum atomic E-state index is 0.256. The zero-order valence-corrected chi connectivity index (χ0v) is 12.4. The van der Waals surface area contributed by atoms with Crippen molar-refractivity contribution >= 4 is 0 Å². The molecule has 1 aromatic rings. The van der Waals surface area contributed by atoms with Crippen molar-refractivity contribution in [2.75, 3.05) is 7.11 Å². The summed E-state index contributed by atoms with van der Waals surface area (Å²) in [5.74, 6) is 3.29. The molecule has 1 aliphatic rings. The Morgan fingerprint density at radius 2 is 1.95 bits per heavy atom. The summed E-state index contributed by atoms with van der Waals surface area (Å²) >= 11 is 0. The van der Waals surface area contributed by atoms with Crippen molar-refractivity contribution in [3.63, 3.8) is 0 Å². The van der Waals surface area contributed by atoms with E-state index in [4.69, 9.17) is 10.5 Å². The van der Waals surface area contributed by atoms with E-state index in [1.165, 1.54) is 24.8 Å². The normalized spacial score (nSPS) is 28.9. The molecule has 0 aliphatic heterocycles. The van der Waals surface area contributed by atoms with Gasteiger partial charge >= 0.3 is 0 Å². The minimum absolute atomic E-state index is 0.256. The second-order valence-corrected chi connectivity index (χ2v) is 6.21. The Balaban J connectivity index is 1.99. The number of rotatable bonds is 4. The van der Waals surface area contributed by atoms with Crippen LogP contribution < -0.4 is 10.5 Å². The summed E-state index contributed by atoms with van der Waals surface area (Å²) in [6, 6.07) is 8.49. The zero-order chi connectivity index (χ0) is 13.8. The standard InChI is InChI=1S/C17H27NO/c1-12-8-9-14(10-13(12)2)16(18)11-15-6-4-5-7-17(15)19-3/h4-7,12-14,16H,8-11,18H2,1-3H3. The molecule has 0 heterocycles. The van der Waals surface area contributed by atoms with Crippen molar-refractivity contribution in [1.29, 1.82) is 0 Å². The van der Waals surface area contributed by atoms with Crippen LogP contribution in [0.15, 0.2) is 24.3 Å². The van der Waals surface area contributed by atoms with E-state index in [0.29, 0.717) is 5.92 Å². The van der Waals surface area contributed by atoms with E-state index < -0.39 is 0 Å². The molecule has 0 spiro atoms. The molecule has 1 aromatic carbocycles. The van der Waals surface area contributed by atoms with Gasteiger partial charge in [-0.15, -0.1) is 0 Å². The SMILES string of the molecule is COc1ccccc1CC(N)C1CCC(C)C(C)C1. The molecule has 2 rings (SSSR count). The van der Waals surface area contributed by atoms with Gasteiger partial charge in [0.1, 0.15) is 5.75 Å². The maximum Gasteiger partial charge on any atom is 0.122 e. The maximum absolute atomic E-state index is 6.46. The van der Waals surface area contributed by atoms with Crippen LogP contribution in [0.25, 0.3) is 0 Å². The molecule has 0 radical (unpaired) electrons. The first-order valence-electron chi connectivity index (χ1n) is 7.49. The Morgan fingerprint density at radius 1 is 1.21 bits per heavy atom. The van der Waals surface area contributed by atoms with Crippen molar-refractivity contribution < 1.29 is 4.74 Å². The Kier molecular flexibility index (Phi) is 4.87. The maximum atomic E-state index is 6.46. The predicted molar refractivity (Wildman–Crippen MR) is 80.3 cm³/mol. The highest BCUT2D eigenvalue weighted by Gasteiger charge is 2.28. The van der Waals surface area contributed by atoms with E-state index in [1.807, 2.05) is 12.1 Å². The molecule has 2 N–H and O–H groups in total. The number of hydrogen-bond donors (Lipinski definition) is 1. The van der Waals surface area contributed by atoms with E-state index in [-0.39, 0.29) is 6.04 Å². The van der Waals surface area contributed by atoms with Crippen LogP contribution in [-0.2, 0) is 6.42 Å². The van der Waals surface area contributed by atoms with Crippen molar-refractivity contribution in [3.8, 4) is 5.75 Å². The van der Waals surface area contributed by atoms with E-state index in [1.54, 1.807) is 7.11 Å². The number of methoxy groups -OCH3 is 1. The number of nitrogens with two attached hydrogens (primary N) is 1. The molecule has 0 amide bonds. The van der Waals surface area contributed by atoms with E-state index in [2.05, 4.69) is 26.0 Å². The van der Waals surface area contributed by atoms with Crippen molar-refractivity contribution in [3.05, 3.63) is 29.8 Å². The van der Waals surface area contributed by atoms with Gasteiger partial charge < -0.3 is 10.5 Å². The number of hydrogen-bond acceptors (Lipinski definition) is 2. The Bertz CT molecular complexity index is 404. The van der Waals surface area contributed by atoms with Crippen LogP contribution in [0.4, 0.5) is 0 Å². The van der Waals surface area contributed by atoms with Gasteiger partial charge in [-0.2, -0.15) is 0 Å². The summed E-state index contributed by atoms with van der Waals surface area (Å²) in [6.45, 7) is 4.74. The molecule has 19 heavy (non-hydrogen) atoms. The highest BCUT2D eigenvalue weighted by Crippen LogP contribution is 2.35. The fourth-order valence-electron chi connectivity index (χ4n) is 3.27. The van der Waals surface area contributed by atoms with Gasteiger partial charge in [0.2, 0.25) is 0 Å². The third kappa shape index (κ3) is 3.50. The highest BCUT2D eigenvalue weighted by molar-refractivity contribution is 5.33. The van der Waals surface area contributed by atoms with E-state index >= 15 is 0 Å². The summed E-state index contributed by atoms with van der Waals surface area (Å²) < 4.78 is 5.42. The average molecular weight is 261 g/mol. The number of ether oxygens (including phenoxy) is 1. The lowest BCUT2D eigenvalue weighted by Crippen LogP contribution is -2.37. The van der Waals surface area contributed by atoms with Crippen LogP contribution in [0, 0.1) is 17.8 Å². The zero-order valence-electron chi connectivity index (χ0n) is 12.4. The van der Waals surface area contributed by atoms with Crippen LogP contribution in [0.3, 0.4) is 0 Å². The van der Waals surface area contributed by atoms with Gasteiger partial charge in [-0.05, 0) is 48.6 Å². The van der Waals surface area contributed by atoms with Gasteiger partial charge in [0.25, 0.3) is 0 Å². The Hall–Kier alpha value is -1.02. The number of benzene rings is 1. The molecule has 4 atom stereocenters. The van der Waals surface area contributed by atoms with Crippen molar-refractivity contribution in [2.24, 2.45) is 23.5 Å². The fourth-order valence-corrected chi connectivity index (χ4v) is 3.27. The molecule has 0 bridgehead atoms. The molecule has 1 aliphatic carbocycles. The van der Waals surface area contributed by atoms with Crippen molar-refractivity contribution in [2.45, 2.75) is 45.6 Å². The molecular formula is C17H27NO. The summed E-state index contributed by atoms with van der Waals surface area (Å²) in [6.07, 6.45) is 4.81. The minimum Gasteiger partial charge on any atom is -0.496 e. The topological polar surface area (TPSA) is 35.2 Å². The van der Waals surface area contributed by atoms with Crippen molar-refractivity contribution in [1.82, 2.24) is 0 Å². The van der Waals surface area contributed by atoms with Gasteiger partial charge in [0.05, 0.1) is 7.11 Å². The molecule has 2 nitrogen and oxygen atoms in total. The predicted octanol–water partition coefficient (Wildman–Crippen LogP) is 3.64. The van der Waals surface area contributed by atoms with Crippen LogP contribution in [0.5, 0.6) is 5.75 Å². The summed E-state index contributed by atoms with van der Waals surface area (Å²) in [5, 5.41) is 0. The molecule has 106 valence electrons. The third-order valence-electron chi connectivity index (χ3n) is 4.89. The van der Waals surface area contributed by atoms with Crippen LogP contribution in [0.1, 0.15) is 38.7 Å². The number of para-hydroxylation sites is 1. The quantitative estimate of drug-likeness (QED) is 0.898. The average Bonchev–Trinajstić information content (AvgIpc) is 2.42. The first-order chi connectivity index (χ1) is 9.11. The van der Waals surface area contributed by atoms with Crippen LogP contribution in [0.2, 0.25) is 0 Å². The molecule has 1 fully saturated rings. The van der Waals surface area contributed by atoms with Gasteiger partial charge in [-0.25, -0.2) is 0 Å². The smallest absolute Gasteiger partial charge is 0.122 e. The van der Waals surface area contributed by atoms with Gasteiger partial charge in [0, 0.05) is 6.04 Å². The van der Waals surface area contributed by atoms with Crippen LogP contribution >= 0.6 is 0 Å². The van der Waals surface area contributed by atoms with Gasteiger partial charge in [-0.3, -0.25) is 0 Å². The molecule has 1 saturated carbocycles. The Labute approximate surface area is 117 Å². The molecule has 0 saturated heterocycles. The van der Waals surface area contributed by atoms with Gasteiger partial charge in [0.15, 0.2) is 0 Å². The summed E-state index contributed by atoms with van der Waals surface area (Å²) in [5.41, 5.74) is 7.70. The van der Waals surface area contributed by atoms with E-state index in [0.717, 1.165) is 24.0 Å². The highest BCUT2D eigenvalue weighted by atomic mass is 16.5. The second-order valence-electron chi connectivity index (χ2n) is 6.21. The van der Waals surface area contributed by atoms with Crippen LogP contribution in [-0.4, -0.2) is 13.2 Å². The third-order valence-corrected chi connectivity index (χ3v) is 4.89. The Morgan fingerprint density at radius 3 is 2.63 bits per heavy atom. The first-order valence-corrected chi connectivity index (χ1v) is 7.49. The molecular weight excluding hydrogens is 234 g/mol. The summed E-state index contributed by atoms with van der Waals surface area (Å²) in [4.78, 5) is 0. The first kappa shape index (κ1) is 14.4. The molecule has 4 unspecified atom stereocenters. The fraction of sp³-hybridized carbons (Fsp3) is 0.647. The largest absolute Gasteiger partial charge is 0.496 e. The lowest BCUT2D eigenvalue weighted by molar-refractivity contribution is 0.184. The van der Waals surface area contributed by atoms with E-state index in [9.17, 15) is 0 Å². The second kappa shape index (κ2) is 6.42. The summed E-state index contributed by atoms with van der Waals surface area (Å²) in [7, 11) is 1.73.